The molecule has 1 fully saturated rings. The molecule has 1 aliphatic heterocycles. The van der Waals surface area contributed by atoms with E-state index in [1.54, 1.807) is 12.1 Å². The first-order valence-electron chi connectivity index (χ1n) is 8.69. The molecule has 142 valence electrons. The van der Waals surface area contributed by atoms with Crippen LogP contribution in [0.5, 0.6) is 5.75 Å². The maximum atomic E-state index is 13.0. The van der Waals surface area contributed by atoms with Crippen molar-refractivity contribution in [3.05, 3.63) is 30.1 Å². The third-order valence-electron chi connectivity index (χ3n) is 4.37. The van der Waals surface area contributed by atoms with Crippen LogP contribution in [0, 0.1) is 11.7 Å². The lowest BCUT2D eigenvalue weighted by Gasteiger charge is -2.31. The molecule has 0 spiro atoms. The van der Waals surface area contributed by atoms with Gasteiger partial charge in [0.15, 0.2) is 0 Å². The molecule has 0 bridgehead atoms. The molecule has 0 aliphatic carbocycles. The normalized spacial score (nSPS) is 15.4. The molecule has 1 saturated heterocycles. The molecule has 25 heavy (non-hydrogen) atoms. The SMILES string of the molecule is CNCCC1CCN(CC(=O)NCCOc2cccc(F)c2)CC1.Cl. The number of carbonyl (C=O) groups excluding carboxylic acids is 1. The van der Waals surface area contributed by atoms with Gasteiger partial charge in [0.05, 0.1) is 13.1 Å². The number of hydrogen-bond acceptors (Lipinski definition) is 4. The number of amides is 1. The van der Waals surface area contributed by atoms with Crippen LogP contribution in [-0.2, 0) is 4.79 Å². The van der Waals surface area contributed by atoms with Gasteiger partial charge in [0.1, 0.15) is 18.2 Å². The summed E-state index contributed by atoms with van der Waals surface area (Å²) < 4.78 is 18.4. The number of halogens is 2. The summed E-state index contributed by atoms with van der Waals surface area (Å²) >= 11 is 0. The van der Waals surface area contributed by atoms with E-state index in [-0.39, 0.29) is 24.1 Å². The molecule has 1 amide bonds. The standard InChI is InChI=1S/C18H28FN3O2.ClH/c1-20-8-5-15-6-10-22(11-7-15)14-18(23)21-9-12-24-17-4-2-3-16(19)13-17;/h2-4,13,15,20H,5-12,14H2,1H3,(H,21,23);1H. The minimum atomic E-state index is -0.324. The number of carbonyl (C=O) groups is 1. The van der Waals surface area contributed by atoms with Crippen molar-refractivity contribution < 1.29 is 13.9 Å². The van der Waals surface area contributed by atoms with Gasteiger partial charge in [-0.1, -0.05) is 6.07 Å². The highest BCUT2D eigenvalue weighted by Gasteiger charge is 2.20. The molecule has 0 saturated carbocycles. The Labute approximate surface area is 155 Å². The summed E-state index contributed by atoms with van der Waals surface area (Å²) in [7, 11) is 1.98. The Kier molecular flexibility index (Phi) is 10.5. The zero-order chi connectivity index (χ0) is 17.2. The lowest BCUT2D eigenvalue weighted by Crippen LogP contribution is -2.42. The topological polar surface area (TPSA) is 53.6 Å². The Morgan fingerprint density at radius 1 is 1.32 bits per heavy atom. The van der Waals surface area contributed by atoms with Gasteiger partial charge in [0.25, 0.3) is 0 Å². The maximum Gasteiger partial charge on any atom is 0.234 e. The van der Waals surface area contributed by atoms with Gasteiger partial charge in [-0.05, 0) is 64.0 Å². The van der Waals surface area contributed by atoms with Crippen LogP contribution in [-0.4, -0.2) is 57.2 Å². The fourth-order valence-corrected chi connectivity index (χ4v) is 2.96. The van der Waals surface area contributed by atoms with Gasteiger partial charge in [-0.15, -0.1) is 12.4 Å². The summed E-state index contributed by atoms with van der Waals surface area (Å²) in [5.41, 5.74) is 0. The second-order valence-corrected chi connectivity index (χ2v) is 6.27. The van der Waals surface area contributed by atoms with Crippen LogP contribution in [0.1, 0.15) is 19.3 Å². The summed E-state index contributed by atoms with van der Waals surface area (Å²) in [6, 6.07) is 6.00. The van der Waals surface area contributed by atoms with Crippen LogP contribution in [0.15, 0.2) is 24.3 Å². The Balaban J connectivity index is 0.00000312. The highest BCUT2D eigenvalue weighted by Crippen LogP contribution is 2.19. The van der Waals surface area contributed by atoms with Gasteiger partial charge in [0, 0.05) is 6.07 Å². The van der Waals surface area contributed by atoms with Crippen LogP contribution in [0.25, 0.3) is 0 Å². The largest absolute Gasteiger partial charge is 0.492 e. The number of nitrogens with zero attached hydrogens (tertiary/aromatic N) is 1. The molecular formula is C18H29ClFN3O2. The number of rotatable bonds is 9. The zero-order valence-electron chi connectivity index (χ0n) is 14.8. The first kappa shape index (κ1) is 21.7. The molecular weight excluding hydrogens is 345 g/mol. The van der Waals surface area contributed by atoms with E-state index in [1.165, 1.54) is 18.6 Å². The zero-order valence-corrected chi connectivity index (χ0v) is 15.6. The Morgan fingerprint density at radius 2 is 2.08 bits per heavy atom. The first-order valence-corrected chi connectivity index (χ1v) is 8.69. The summed E-state index contributed by atoms with van der Waals surface area (Å²) in [5, 5.41) is 6.04. The van der Waals surface area contributed by atoms with Gasteiger partial charge in [-0.3, -0.25) is 9.69 Å². The van der Waals surface area contributed by atoms with Crippen molar-refractivity contribution in [2.45, 2.75) is 19.3 Å². The van der Waals surface area contributed by atoms with E-state index in [1.807, 2.05) is 7.05 Å². The molecule has 2 rings (SSSR count). The van der Waals surface area contributed by atoms with Crippen LogP contribution >= 0.6 is 12.4 Å². The quantitative estimate of drug-likeness (QED) is 0.651. The Bertz CT molecular complexity index is 511. The lowest BCUT2D eigenvalue weighted by atomic mass is 9.93. The number of benzene rings is 1. The van der Waals surface area contributed by atoms with E-state index in [0.717, 1.165) is 38.4 Å². The van der Waals surface area contributed by atoms with Gasteiger partial charge >= 0.3 is 0 Å². The average Bonchev–Trinajstić information content (AvgIpc) is 2.58. The van der Waals surface area contributed by atoms with E-state index in [0.29, 0.717) is 25.4 Å². The van der Waals surface area contributed by atoms with E-state index >= 15 is 0 Å². The predicted octanol–water partition coefficient (Wildman–Crippen LogP) is 2.06. The molecule has 1 aromatic rings. The summed E-state index contributed by atoms with van der Waals surface area (Å²) in [4.78, 5) is 14.2. The molecule has 1 heterocycles. The van der Waals surface area contributed by atoms with Crippen molar-refractivity contribution in [1.29, 1.82) is 0 Å². The maximum absolute atomic E-state index is 13.0. The van der Waals surface area contributed by atoms with Crippen molar-refractivity contribution in [2.75, 3.05) is 46.4 Å². The fraction of sp³-hybridized carbons (Fsp3) is 0.611. The molecule has 0 atom stereocenters. The molecule has 2 N–H and O–H groups in total. The molecule has 0 radical (unpaired) electrons. The molecule has 0 aromatic heterocycles. The minimum absolute atomic E-state index is 0. The van der Waals surface area contributed by atoms with Crippen molar-refractivity contribution in [2.24, 2.45) is 5.92 Å². The summed E-state index contributed by atoms with van der Waals surface area (Å²) in [5.74, 6) is 0.950. The molecule has 7 heteroatoms. The van der Waals surface area contributed by atoms with Crippen molar-refractivity contribution in [1.82, 2.24) is 15.5 Å². The first-order chi connectivity index (χ1) is 11.7. The van der Waals surface area contributed by atoms with E-state index in [2.05, 4.69) is 15.5 Å². The van der Waals surface area contributed by atoms with Gasteiger partial charge in [-0.25, -0.2) is 4.39 Å². The third kappa shape index (κ3) is 8.52. The van der Waals surface area contributed by atoms with Gasteiger partial charge in [-0.2, -0.15) is 0 Å². The highest BCUT2D eigenvalue weighted by molar-refractivity contribution is 5.85. The Morgan fingerprint density at radius 3 is 2.76 bits per heavy atom. The van der Waals surface area contributed by atoms with Gasteiger partial charge in [0.2, 0.25) is 5.91 Å². The van der Waals surface area contributed by atoms with Crippen LogP contribution in [0.3, 0.4) is 0 Å². The number of ether oxygens (including phenoxy) is 1. The summed E-state index contributed by atoms with van der Waals surface area (Å²) in [6.07, 6.45) is 3.54. The van der Waals surface area contributed by atoms with Crippen LogP contribution < -0.4 is 15.4 Å². The van der Waals surface area contributed by atoms with Crippen LogP contribution in [0.4, 0.5) is 4.39 Å². The Hall–Kier alpha value is -1.37. The molecule has 1 aliphatic rings. The number of likely N-dealkylation sites (tertiary alicyclic amines) is 1. The number of hydrogen-bond donors (Lipinski definition) is 2. The average molecular weight is 374 g/mol. The smallest absolute Gasteiger partial charge is 0.234 e. The third-order valence-corrected chi connectivity index (χ3v) is 4.37. The van der Waals surface area contributed by atoms with Crippen LogP contribution in [0.2, 0.25) is 0 Å². The fourth-order valence-electron chi connectivity index (χ4n) is 2.96. The molecule has 0 unspecified atom stereocenters. The van der Waals surface area contributed by atoms with Crippen molar-refractivity contribution in [3.8, 4) is 5.75 Å². The van der Waals surface area contributed by atoms with E-state index in [4.69, 9.17) is 4.74 Å². The van der Waals surface area contributed by atoms with E-state index in [9.17, 15) is 9.18 Å². The number of nitrogens with one attached hydrogen (secondary N) is 2. The molecule has 1 aromatic carbocycles. The summed E-state index contributed by atoms with van der Waals surface area (Å²) in [6.45, 7) is 4.24. The number of piperidine rings is 1. The van der Waals surface area contributed by atoms with Gasteiger partial charge < -0.3 is 15.4 Å². The van der Waals surface area contributed by atoms with Crippen molar-refractivity contribution in [3.63, 3.8) is 0 Å². The minimum Gasteiger partial charge on any atom is -0.492 e. The predicted molar refractivity (Wildman–Crippen MR) is 99.9 cm³/mol. The lowest BCUT2D eigenvalue weighted by molar-refractivity contribution is -0.122. The second kappa shape index (κ2) is 12.1. The second-order valence-electron chi connectivity index (χ2n) is 6.27. The highest BCUT2D eigenvalue weighted by atomic mass is 35.5. The van der Waals surface area contributed by atoms with E-state index < -0.39 is 0 Å². The van der Waals surface area contributed by atoms with Crippen molar-refractivity contribution >= 4 is 18.3 Å². The molecule has 5 nitrogen and oxygen atoms in total. The monoisotopic (exact) mass is 373 g/mol.